The Labute approximate surface area is 164 Å². The zero-order chi connectivity index (χ0) is 18.5. The van der Waals surface area contributed by atoms with E-state index in [1.807, 2.05) is 22.8 Å². The number of anilines is 1. The lowest BCUT2D eigenvalue weighted by Crippen LogP contribution is -2.46. The van der Waals surface area contributed by atoms with Gasteiger partial charge in [0.05, 0.1) is 10.2 Å². The number of rotatable bonds is 7. The molecule has 0 aliphatic carbocycles. The summed E-state index contributed by atoms with van der Waals surface area (Å²) >= 11 is 1.36. The molecule has 1 saturated heterocycles. The highest BCUT2D eigenvalue weighted by Crippen LogP contribution is 2.18. The summed E-state index contributed by atoms with van der Waals surface area (Å²) in [6.07, 6.45) is 3.46. The molecular weight excluding hydrogens is 354 g/mol. The fraction of sp³-hybridized carbons (Fsp3) is 0.409. The average molecular weight is 382 g/mol. The molecule has 5 heteroatoms. The van der Waals surface area contributed by atoms with Gasteiger partial charge in [-0.1, -0.05) is 48.1 Å². The molecule has 0 atom stereocenters. The number of thiazole rings is 1. The lowest BCUT2D eigenvalue weighted by atomic mass is 10.2. The summed E-state index contributed by atoms with van der Waals surface area (Å²) < 4.78 is 3.04. The number of hydrogen-bond acceptors (Lipinski definition) is 4. The molecule has 4 rings (SSSR count). The minimum atomic E-state index is 0.174. The van der Waals surface area contributed by atoms with E-state index >= 15 is 0 Å². The predicted molar refractivity (Wildman–Crippen MR) is 115 cm³/mol. The van der Waals surface area contributed by atoms with Crippen LogP contribution in [0.2, 0.25) is 0 Å². The van der Waals surface area contributed by atoms with Crippen LogP contribution in [0.15, 0.2) is 59.4 Å². The molecule has 0 spiro atoms. The van der Waals surface area contributed by atoms with Gasteiger partial charge < -0.3 is 4.90 Å². The maximum Gasteiger partial charge on any atom is 0.308 e. The van der Waals surface area contributed by atoms with Gasteiger partial charge in [0, 0.05) is 38.4 Å². The largest absolute Gasteiger partial charge is 0.369 e. The molecule has 0 radical (unpaired) electrons. The predicted octanol–water partition coefficient (Wildman–Crippen LogP) is 4.06. The Bertz CT molecular complexity index is 910. The molecule has 0 unspecified atom stereocenters. The van der Waals surface area contributed by atoms with Crippen molar-refractivity contribution in [2.45, 2.75) is 25.8 Å². The van der Waals surface area contributed by atoms with Crippen molar-refractivity contribution in [1.82, 2.24) is 9.47 Å². The van der Waals surface area contributed by atoms with Gasteiger partial charge in [-0.2, -0.15) is 0 Å². The van der Waals surface area contributed by atoms with E-state index in [1.54, 1.807) is 0 Å². The van der Waals surface area contributed by atoms with Gasteiger partial charge in [-0.25, -0.2) is 0 Å². The van der Waals surface area contributed by atoms with Crippen molar-refractivity contribution < 1.29 is 0 Å². The lowest BCUT2D eigenvalue weighted by Gasteiger charge is -2.36. The number of para-hydroxylation sites is 2. The minimum Gasteiger partial charge on any atom is -0.369 e. The lowest BCUT2D eigenvalue weighted by molar-refractivity contribution is 0.251. The number of nitrogens with zero attached hydrogens (tertiary/aromatic N) is 3. The first-order valence-corrected chi connectivity index (χ1v) is 10.7. The van der Waals surface area contributed by atoms with E-state index in [1.165, 1.54) is 36.4 Å². The number of hydrogen-bond donors (Lipinski definition) is 0. The Morgan fingerprint density at radius 1 is 0.778 bits per heavy atom. The Morgan fingerprint density at radius 2 is 1.48 bits per heavy atom. The van der Waals surface area contributed by atoms with Gasteiger partial charge in [0.1, 0.15) is 0 Å². The molecular formula is C22H27N3OS. The van der Waals surface area contributed by atoms with E-state index < -0.39 is 0 Å². The van der Waals surface area contributed by atoms with Crippen LogP contribution in [0.1, 0.15) is 19.3 Å². The zero-order valence-corrected chi connectivity index (χ0v) is 16.5. The first-order valence-electron chi connectivity index (χ1n) is 9.92. The minimum absolute atomic E-state index is 0.174. The number of aryl methyl sites for hydroxylation is 1. The highest BCUT2D eigenvalue weighted by molar-refractivity contribution is 7.16. The molecule has 1 aromatic heterocycles. The summed E-state index contributed by atoms with van der Waals surface area (Å²) in [6, 6.07) is 18.8. The molecule has 2 aromatic carbocycles. The molecule has 142 valence electrons. The van der Waals surface area contributed by atoms with E-state index in [-0.39, 0.29) is 4.87 Å². The normalized spacial score (nSPS) is 15.5. The number of unbranched alkanes of at least 4 members (excludes halogenated alkanes) is 2. The molecule has 0 bridgehead atoms. The van der Waals surface area contributed by atoms with Crippen LogP contribution in [0.3, 0.4) is 0 Å². The van der Waals surface area contributed by atoms with Crippen LogP contribution in [0.25, 0.3) is 10.2 Å². The highest BCUT2D eigenvalue weighted by Gasteiger charge is 2.16. The molecule has 2 heterocycles. The van der Waals surface area contributed by atoms with Crippen LogP contribution < -0.4 is 9.77 Å². The summed E-state index contributed by atoms with van der Waals surface area (Å²) in [5.41, 5.74) is 2.43. The van der Waals surface area contributed by atoms with E-state index in [4.69, 9.17) is 0 Å². The standard InChI is InChI=1S/C22H27N3OS/c26-22-25(20-11-5-6-12-21(20)27-22)14-8-2-7-13-23-15-17-24(18-16-23)19-9-3-1-4-10-19/h1,3-6,9-12H,2,7-8,13-18H2. The van der Waals surface area contributed by atoms with Crippen molar-refractivity contribution in [3.05, 3.63) is 64.3 Å². The summed E-state index contributed by atoms with van der Waals surface area (Å²) in [4.78, 5) is 17.4. The Morgan fingerprint density at radius 3 is 2.30 bits per heavy atom. The van der Waals surface area contributed by atoms with Crippen LogP contribution >= 0.6 is 11.3 Å². The van der Waals surface area contributed by atoms with Gasteiger partial charge in [0.25, 0.3) is 0 Å². The Kier molecular flexibility index (Phi) is 5.90. The van der Waals surface area contributed by atoms with E-state index in [0.717, 1.165) is 49.4 Å². The topological polar surface area (TPSA) is 28.5 Å². The van der Waals surface area contributed by atoms with Crippen molar-refractivity contribution in [1.29, 1.82) is 0 Å². The van der Waals surface area contributed by atoms with Gasteiger partial charge >= 0.3 is 4.87 Å². The summed E-state index contributed by atoms with van der Waals surface area (Å²) in [6.45, 7) is 6.51. The smallest absolute Gasteiger partial charge is 0.308 e. The molecule has 0 saturated carbocycles. The third-order valence-electron chi connectivity index (χ3n) is 5.42. The summed E-state index contributed by atoms with van der Waals surface area (Å²) in [5, 5.41) is 0. The van der Waals surface area contributed by atoms with Gasteiger partial charge in [-0.05, 0) is 43.7 Å². The summed E-state index contributed by atoms with van der Waals surface area (Å²) in [7, 11) is 0. The molecule has 1 aliphatic heterocycles. The second-order valence-corrected chi connectivity index (χ2v) is 8.21. The van der Waals surface area contributed by atoms with Gasteiger partial charge in [0.15, 0.2) is 0 Å². The van der Waals surface area contributed by atoms with Crippen molar-refractivity contribution in [3.8, 4) is 0 Å². The average Bonchev–Trinajstić information content (AvgIpc) is 3.04. The fourth-order valence-corrected chi connectivity index (χ4v) is 4.79. The first-order chi connectivity index (χ1) is 13.3. The molecule has 0 amide bonds. The van der Waals surface area contributed by atoms with Crippen molar-refractivity contribution in [3.63, 3.8) is 0 Å². The molecule has 1 aliphatic rings. The third kappa shape index (κ3) is 4.42. The van der Waals surface area contributed by atoms with Crippen molar-refractivity contribution in [2.75, 3.05) is 37.6 Å². The molecule has 0 N–H and O–H groups in total. The Balaban J connectivity index is 1.18. The van der Waals surface area contributed by atoms with E-state index in [0.29, 0.717) is 0 Å². The quantitative estimate of drug-likeness (QED) is 0.578. The summed E-state index contributed by atoms with van der Waals surface area (Å²) in [5.74, 6) is 0. The SMILES string of the molecule is O=c1sc2ccccc2n1CCCCCN1CCN(c2ccccc2)CC1. The maximum atomic E-state index is 12.2. The molecule has 3 aromatic rings. The molecule has 4 nitrogen and oxygen atoms in total. The number of piperazine rings is 1. The van der Waals surface area contributed by atoms with Gasteiger partial charge in [-0.3, -0.25) is 14.3 Å². The van der Waals surface area contributed by atoms with Crippen LogP contribution in [0.4, 0.5) is 5.69 Å². The van der Waals surface area contributed by atoms with Crippen LogP contribution in [0, 0.1) is 0 Å². The second-order valence-electron chi connectivity index (χ2n) is 7.21. The maximum absolute atomic E-state index is 12.2. The van der Waals surface area contributed by atoms with Gasteiger partial charge in [0.2, 0.25) is 0 Å². The fourth-order valence-electron chi connectivity index (χ4n) is 3.88. The van der Waals surface area contributed by atoms with Crippen LogP contribution in [0.5, 0.6) is 0 Å². The van der Waals surface area contributed by atoms with Crippen molar-refractivity contribution >= 4 is 27.2 Å². The van der Waals surface area contributed by atoms with Crippen LogP contribution in [-0.4, -0.2) is 42.2 Å². The molecule has 1 fully saturated rings. The molecule has 27 heavy (non-hydrogen) atoms. The third-order valence-corrected chi connectivity index (χ3v) is 6.38. The van der Waals surface area contributed by atoms with Gasteiger partial charge in [-0.15, -0.1) is 0 Å². The number of fused-ring (bicyclic) bond motifs is 1. The monoisotopic (exact) mass is 381 g/mol. The van der Waals surface area contributed by atoms with E-state index in [9.17, 15) is 4.79 Å². The second kappa shape index (κ2) is 8.72. The van der Waals surface area contributed by atoms with Crippen LogP contribution in [-0.2, 0) is 6.54 Å². The number of aromatic nitrogens is 1. The number of benzene rings is 2. The van der Waals surface area contributed by atoms with Crippen molar-refractivity contribution in [2.24, 2.45) is 0 Å². The zero-order valence-electron chi connectivity index (χ0n) is 15.7. The van der Waals surface area contributed by atoms with E-state index in [2.05, 4.69) is 46.2 Å². The highest BCUT2D eigenvalue weighted by atomic mass is 32.1. The Hall–Kier alpha value is -2.11. The first kappa shape index (κ1) is 18.3.